The summed E-state index contributed by atoms with van der Waals surface area (Å²) >= 11 is 0. The van der Waals surface area contributed by atoms with Gasteiger partial charge < -0.3 is 5.11 Å². The van der Waals surface area contributed by atoms with E-state index in [1.165, 1.54) is 44.9 Å². The number of carboxylic acids is 1. The number of nitrogens with zero attached hydrogens (tertiary/aromatic N) is 2. The Morgan fingerprint density at radius 3 is 2.08 bits per heavy atom. The van der Waals surface area contributed by atoms with Gasteiger partial charge in [0.1, 0.15) is 0 Å². The van der Waals surface area contributed by atoms with E-state index in [9.17, 15) is 4.79 Å². The van der Waals surface area contributed by atoms with E-state index in [1.807, 2.05) is 12.4 Å². The van der Waals surface area contributed by atoms with Crippen LogP contribution in [0.2, 0.25) is 0 Å². The number of rotatable bonds is 11. The quantitative estimate of drug-likeness (QED) is 0.520. The van der Waals surface area contributed by atoms with Gasteiger partial charge in [-0.25, -0.2) is 14.8 Å². The molecule has 140 valence electrons. The van der Waals surface area contributed by atoms with Gasteiger partial charge in [0.15, 0.2) is 5.82 Å². The highest BCUT2D eigenvalue weighted by Crippen LogP contribution is 2.17. The van der Waals surface area contributed by atoms with Gasteiger partial charge in [-0.3, -0.25) is 0 Å². The number of benzene rings is 1. The maximum Gasteiger partial charge on any atom is 0.335 e. The number of aromatic carboxylic acids is 1. The topological polar surface area (TPSA) is 63.1 Å². The van der Waals surface area contributed by atoms with Crippen molar-refractivity contribution in [3.8, 4) is 11.4 Å². The molecule has 0 aliphatic rings. The van der Waals surface area contributed by atoms with Gasteiger partial charge in [-0.05, 0) is 36.5 Å². The minimum atomic E-state index is -0.923. The largest absolute Gasteiger partial charge is 0.478 e. The molecule has 0 amide bonds. The molecule has 0 aliphatic carbocycles. The highest BCUT2D eigenvalue weighted by molar-refractivity contribution is 5.88. The predicted octanol–water partition coefficient (Wildman–Crippen LogP) is 5.77. The zero-order chi connectivity index (χ0) is 18.8. The van der Waals surface area contributed by atoms with Crippen molar-refractivity contribution >= 4 is 5.97 Å². The lowest BCUT2D eigenvalue weighted by Gasteiger charge is -2.05. The standard InChI is InChI=1S/C22H30N2O2/c1-17(2)9-7-5-3-4-6-8-10-18-15-23-21(24-16-18)19-11-13-20(14-12-19)22(25)26/h11-17H,3-10H2,1-2H3,(H,25,26). The highest BCUT2D eigenvalue weighted by atomic mass is 16.4. The Hall–Kier alpha value is -2.23. The lowest BCUT2D eigenvalue weighted by molar-refractivity contribution is 0.0697. The highest BCUT2D eigenvalue weighted by Gasteiger charge is 2.05. The lowest BCUT2D eigenvalue weighted by Crippen LogP contribution is -1.96. The third-order valence-corrected chi connectivity index (χ3v) is 4.59. The normalized spacial score (nSPS) is 11.0. The number of carboxylic acid groups (broad SMARTS) is 1. The second-order valence-electron chi connectivity index (χ2n) is 7.35. The van der Waals surface area contributed by atoms with Crippen LogP contribution >= 0.6 is 0 Å². The van der Waals surface area contributed by atoms with E-state index >= 15 is 0 Å². The molecule has 0 radical (unpaired) electrons. The third-order valence-electron chi connectivity index (χ3n) is 4.59. The van der Waals surface area contributed by atoms with E-state index in [1.54, 1.807) is 24.3 Å². The van der Waals surface area contributed by atoms with E-state index in [4.69, 9.17) is 5.11 Å². The number of unbranched alkanes of at least 4 members (excludes halogenated alkanes) is 5. The fourth-order valence-corrected chi connectivity index (χ4v) is 2.98. The average molecular weight is 354 g/mol. The van der Waals surface area contributed by atoms with Crippen molar-refractivity contribution in [2.75, 3.05) is 0 Å². The van der Waals surface area contributed by atoms with Crippen molar-refractivity contribution in [2.45, 2.75) is 65.2 Å². The molecule has 0 aliphatic heterocycles. The molecule has 2 aromatic rings. The zero-order valence-corrected chi connectivity index (χ0v) is 15.9. The molecule has 0 atom stereocenters. The summed E-state index contributed by atoms with van der Waals surface area (Å²) in [5.41, 5.74) is 2.27. The number of aryl methyl sites for hydroxylation is 1. The Morgan fingerprint density at radius 1 is 0.923 bits per heavy atom. The first-order chi connectivity index (χ1) is 12.6. The van der Waals surface area contributed by atoms with Gasteiger partial charge in [0.05, 0.1) is 5.56 Å². The fraction of sp³-hybridized carbons (Fsp3) is 0.500. The van der Waals surface area contributed by atoms with Gasteiger partial charge in [-0.2, -0.15) is 0 Å². The summed E-state index contributed by atoms with van der Waals surface area (Å²) < 4.78 is 0. The molecule has 0 saturated carbocycles. The summed E-state index contributed by atoms with van der Waals surface area (Å²) in [6.45, 7) is 4.58. The average Bonchev–Trinajstić information content (AvgIpc) is 2.64. The Balaban J connectivity index is 1.70. The van der Waals surface area contributed by atoms with Gasteiger partial charge in [-0.1, -0.05) is 64.5 Å². The second kappa shape index (κ2) is 10.7. The number of hydrogen-bond acceptors (Lipinski definition) is 3. The molecule has 0 unspecified atom stereocenters. The third kappa shape index (κ3) is 6.95. The van der Waals surface area contributed by atoms with Crippen molar-refractivity contribution in [3.63, 3.8) is 0 Å². The molecule has 4 nitrogen and oxygen atoms in total. The van der Waals surface area contributed by atoms with Gasteiger partial charge in [0.25, 0.3) is 0 Å². The van der Waals surface area contributed by atoms with Crippen LogP contribution in [0.3, 0.4) is 0 Å². The molecule has 0 spiro atoms. The molecular weight excluding hydrogens is 324 g/mol. The smallest absolute Gasteiger partial charge is 0.335 e. The molecule has 1 aromatic carbocycles. The predicted molar refractivity (Wildman–Crippen MR) is 105 cm³/mol. The Kier molecular flexibility index (Phi) is 8.26. The first-order valence-corrected chi connectivity index (χ1v) is 9.71. The van der Waals surface area contributed by atoms with Gasteiger partial charge >= 0.3 is 5.97 Å². The van der Waals surface area contributed by atoms with E-state index in [-0.39, 0.29) is 5.56 Å². The number of hydrogen-bond donors (Lipinski definition) is 1. The van der Waals surface area contributed by atoms with Crippen LogP contribution in [0.4, 0.5) is 0 Å². The van der Waals surface area contributed by atoms with Gasteiger partial charge in [-0.15, -0.1) is 0 Å². The van der Waals surface area contributed by atoms with Crippen LogP contribution in [0, 0.1) is 5.92 Å². The minimum Gasteiger partial charge on any atom is -0.478 e. The molecule has 2 rings (SSSR count). The lowest BCUT2D eigenvalue weighted by atomic mass is 10.0. The molecule has 1 N–H and O–H groups in total. The maximum absolute atomic E-state index is 10.9. The number of aromatic nitrogens is 2. The Morgan fingerprint density at radius 2 is 1.50 bits per heavy atom. The maximum atomic E-state index is 10.9. The SMILES string of the molecule is CC(C)CCCCCCCCc1cnc(-c2ccc(C(=O)O)cc2)nc1. The summed E-state index contributed by atoms with van der Waals surface area (Å²) in [5, 5.41) is 8.94. The van der Waals surface area contributed by atoms with Crippen LogP contribution in [-0.2, 0) is 6.42 Å². The minimum absolute atomic E-state index is 0.273. The Bertz CT molecular complexity index is 664. The molecule has 4 heteroatoms. The summed E-state index contributed by atoms with van der Waals surface area (Å²) in [7, 11) is 0. The van der Waals surface area contributed by atoms with Gasteiger partial charge in [0.2, 0.25) is 0 Å². The van der Waals surface area contributed by atoms with Crippen molar-refractivity contribution in [1.82, 2.24) is 9.97 Å². The van der Waals surface area contributed by atoms with E-state index in [2.05, 4.69) is 23.8 Å². The van der Waals surface area contributed by atoms with Gasteiger partial charge in [0, 0.05) is 18.0 Å². The summed E-state index contributed by atoms with van der Waals surface area (Å²) in [6, 6.07) is 6.65. The molecule has 1 aromatic heterocycles. The molecule has 0 bridgehead atoms. The van der Waals surface area contributed by atoms with Crippen LogP contribution < -0.4 is 0 Å². The van der Waals surface area contributed by atoms with E-state index in [0.717, 1.165) is 23.5 Å². The Labute approximate surface area is 156 Å². The van der Waals surface area contributed by atoms with Crippen LogP contribution in [0.25, 0.3) is 11.4 Å². The monoisotopic (exact) mass is 354 g/mol. The van der Waals surface area contributed by atoms with Crippen LogP contribution in [0.1, 0.15) is 74.7 Å². The van der Waals surface area contributed by atoms with E-state index < -0.39 is 5.97 Å². The van der Waals surface area contributed by atoms with Crippen molar-refractivity contribution in [2.24, 2.45) is 5.92 Å². The van der Waals surface area contributed by atoms with Crippen molar-refractivity contribution in [1.29, 1.82) is 0 Å². The summed E-state index contributed by atoms with van der Waals surface area (Å²) in [6.07, 6.45) is 14.0. The van der Waals surface area contributed by atoms with Crippen molar-refractivity contribution in [3.05, 3.63) is 47.8 Å². The van der Waals surface area contributed by atoms with Crippen LogP contribution in [0.15, 0.2) is 36.7 Å². The molecule has 0 fully saturated rings. The van der Waals surface area contributed by atoms with Crippen LogP contribution in [0.5, 0.6) is 0 Å². The molecule has 26 heavy (non-hydrogen) atoms. The van der Waals surface area contributed by atoms with Crippen molar-refractivity contribution < 1.29 is 9.90 Å². The second-order valence-corrected chi connectivity index (χ2v) is 7.35. The number of carbonyl (C=O) groups is 1. The summed E-state index contributed by atoms with van der Waals surface area (Å²) in [5.74, 6) is 0.539. The first kappa shape index (κ1) is 20.1. The van der Waals surface area contributed by atoms with Crippen LogP contribution in [-0.4, -0.2) is 21.0 Å². The zero-order valence-electron chi connectivity index (χ0n) is 15.9. The molecular formula is C22H30N2O2. The molecule has 1 heterocycles. The fourth-order valence-electron chi connectivity index (χ4n) is 2.98. The first-order valence-electron chi connectivity index (χ1n) is 9.71. The molecule has 0 saturated heterocycles. The van der Waals surface area contributed by atoms with E-state index in [0.29, 0.717) is 5.82 Å². The summed E-state index contributed by atoms with van der Waals surface area (Å²) in [4.78, 5) is 19.7.